The van der Waals surface area contributed by atoms with Gasteiger partial charge in [0.15, 0.2) is 0 Å². The van der Waals surface area contributed by atoms with Crippen molar-refractivity contribution >= 4 is 27.7 Å². The van der Waals surface area contributed by atoms with Gasteiger partial charge in [-0.1, -0.05) is 34.1 Å². The van der Waals surface area contributed by atoms with Gasteiger partial charge in [-0.15, -0.1) is 0 Å². The number of amides is 2. The van der Waals surface area contributed by atoms with E-state index in [1.165, 1.54) is 0 Å². The second-order valence-corrected chi connectivity index (χ2v) is 4.86. The van der Waals surface area contributed by atoms with Crippen molar-refractivity contribution in [3.05, 3.63) is 34.3 Å². The third-order valence-corrected chi connectivity index (χ3v) is 3.65. The van der Waals surface area contributed by atoms with Crippen molar-refractivity contribution in [3.63, 3.8) is 0 Å². The average Bonchev–Trinajstić information content (AvgIpc) is 2.32. The highest BCUT2D eigenvalue weighted by Crippen LogP contribution is 2.19. The molecule has 1 aromatic rings. The molecule has 0 spiro atoms. The Bertz CT molecular complexity index is 462. The van der Waals surface area contributed by atoms with Crippen molar-refractivity contribution in [1.82, 2.24) is 10.2 Å². The summed E-state index contributed by atoms with van der Waals surface area (Å²) in [7, 11) is 0. The molecule has 0 aromatic heterocycles. The summed E-state index contributed by atoms with van der Waals surface area (Å²) >= 11 is 3.44. The number of nitrogens with zero attached hydrogens (tertiary/aromatic N) is 1. The first-order valence-electron chi connectivity index (χ1n) is 5.40. The van der Waals surface area contributed by atoms with Crippen LogP contribution >= 0.6 is 15.9 Å². The van der Waals surface area contributed by atoms with Crippen molar-refractivity contribution < 1.29 is 9.59 Å². The minimum absolute atomic E-state index is 0.0483. The molecule has 1 atom stereocenters. The number of rotatable bonds is 2. The fraction of sp³-hybridized carbons (Fsp3) is 0.333. The Balaban J connectivity index is 2.19. The van der Waals surface area contributed by atoms with Crippen LogP contribution in [0.2, 0.25) is 0 Å². The highest BCUT2D eigenvalue weighted by atomic mass is 79.9. The highest BCUT2D eigenvalue weighted by molar-refractivity contribution is 9.10. The van der Waals surface area contributed by atoms with Crippen LogP contribution in [0.3, 0.4) is 0 Å². The molecule has 2 rings (SSSR count). The van der Waals surface area contributed by atoms with Crippen LogP contribution in [0.25, 0.3) is 0 Å². The van der Waals surface area contributed by atoms with Crippen molar-refractivity contribution in [1.29, 1.82) is 0 Å². The number of hydrogen-bond acceptors (Lipinski definition) is 2. The van der Waals surface area contributed by atoms with Gasteiger partial charge < -0.3 is 10.2 Å². The number of benzene rings is 1. The molecule has 1 heterocycles. The lowest BCUT2D eigenvalue weighted by molar-refractivity contribution is -0.145. The molecule has 1 aromatic carbocycles. The predicted molar refractivity (Wildman–Crippen MR) is 67.2 cm³/mol. The summed E-state index contributed by atoms with van der Waals surface area (Å²) in [6.45, 7) is 2.28. The summed E-state index contributed by atoms with van der Waals surface area (Å²) in [6, 6.07) is 7.29. The molecule has 5 heteroatoms. The summed E-state index contributed by atoms with van der Waals surface area (Å²) in [5.74, 6) is -0.149. The van der Waals surface area contributed by atoms with Gasteiger partial charge >= 0.3 is 0 Å². The Labute approximate surface area is 108 Å². The van der Waals surface area contributed by atoms with E-state index < -0.39 is 6.04 Å². The van der Waals surface area contributed by atoms with Crippen LogP contribution in [-0.4, -0.2) is 29.3 Å². The molecule has 90 valence electrons. The average molecular weight is 297 g/mol. The first-order chi connectivity index (χ1) is 8.09. The lowest BCUT2D eigenvalue weighted by atomic mass is 10.1. The fourth-order valence-corrected chi connectivity index (χ4v) is 2.21. The zero-order chi connectivity index (χ0) is 12.4. The minimum atomic E-state index is -0.414. The zero-order valence-electron chi connectivity index (χ0n) is 9.44. The van der Waals surface area contributed by atoms with Gasteiger partial charge in [0.2, 0.25) is 11.8 Å². The van der Waals surface area contributed by atoms with Crippen LogP contribution in [0.5, 0.6) is 0 Å². The van der Waals surface area contributed by atoms with Crippen LogP contribution in [0.4, 0.5) is 0 Å². The van der Waals surface area contributed by atoms with Gasteiger partial charge in [-0.25, -0.2) is 0 Å². The molecule has 1 N–H and O–H groups in total. The van der Waals surface area contributed by atoms with E-state index in [1.54, 1.807) is 11.8 Å². The molecule has 1 saturated heterocycles. The molecule has 1 aliphatic rings. The molecule has 1 unspecified atom stereocenters. The largest absolute Gasteiger partial charge is 0.345 e. The first kappa shape index (κ1) is 12.1. The van der Waals surface area contributed by atoms with E-state index in [2.05, 4.69) is 21.2 Å². The van der Waals surface area contributed by atoms with Gasteiger partial charge in [-0.05, 0) is 18.6 Å². The van der Waals surface area contributed by atoms with Gasteiger partial charge in [-0.3, -0.25) is 9.59 Å². The second-order valence-electron chi connectivity index (χ2n) is 4.01. The van der Waals surface area contributed by atoms with E-state index in [9.17, 15) is 9.59 Å². The lowest BCUT2D eigenvalue weighted by Gasteiger charge is -2.33. The fourth-order valence-electron chi connectivity index (χ4n) is 1.80. The van der Waals surface area contributed by atoms with E-state index in [-0.39, 0.29) is 18.4 Å². The number of carbonyl (C=O) groups is 2. The molecule has 1 aliphatic heterocycles. The zero-order valence-corrected chi connectivity index (χ0v) is 11.0. The second kappa shape index (κ2) is 4.87. The number of hydrogen-bond donors (Lipinski definition) is 1. The van der Waals surface area contributed by atoms with Gasteiger partial charge in [0, 0.05) is 11.0 Å². The summed E-state index contributed by atoms with van der Waals surface area (Å²) in [5, 5.41) is 2.57. The number of nitrogens with one attached hydrogen (secondary N) is 1. The van der Waals surface area contributed by atoms with Gasteiger partial charge in [0.05, 0.1) is 6.54 Å². The quantitative estimate of drug-likeness (QED) is 0.894. The van der Waals surface area contributed by atoms with Crippen molar-refractivity contribution in [2.45, 2.75) is 19.5 Å². The SMILES string of the molecule is CC1C(=O)NCC(=O)N1Cc1ccccc1Br. The van der Waals surface area contributed by atoms with Gasteiger partial charge in [-0.2, -0.15) is 0 Å². The van der Waals surface area contributed by atoms with E-state index in [4.69, 9.17) is 0 Å². The standard InChI is InChI=1S/C12H13BrN2O2/c1-8-12(17)14-6-11(16)15(8)7-9-4-2-3-5-10(9)13/h2-5,8H,6-7H2,1H3,(H,14,17). The van der Waals surface area contributed by atoms with Gasteiger partial charge in [0.1, 0.15) is 6.04 Å². The predicted octanol–water partition coefficient (Wildman–Crippen LogP) is 1.30. The van der Waals surface area contributed by atoms with Crippen molar-refractivity contribution in [2.24, 2.45) is 0 Å². The summed E-state index contributed by atoms with van der Waals surface area (Å²) in [6.07, 6.45) is 0. The van der Waals surface area contributed by atoms with Crippen LogP contribution in [0.1, 0.15) is 12.5 Å². The first-order valence-corrected chi connectivity index (χ1v) is 6.19. The molecule has 0 bridgehead atoms. The number of carbonyl (C=O) groups excluding carboxylic acids is 2. The normalized spacial score (nSPS) is 20.4. The molecule has 0 aliphatic carbocycles. The molecular weight excluding hydrogens is 284 g/mol. The summed E-state index contributed by atoms with van der Waals surface area (Å²) in [5.41, 5.74) is 1.00. The maximum Gasteiger partial charge on any atom is 0.242 e. The Morgan fingerprint density at radius 1 is 1.41 bits per heavy atom. The van der Waals surface area contributed by atoms with E-state index in [0.717, 1.165) is 10.0 Å². The summed E-state index contributed by atoms with van der Waals surface area (Å²) < 4.78 is 0.950. The Morgan fingerprint density at radius 2 is 2.12 bits per heavy atom. The van der Waals surface area contributed by atoms with E-state index in [0.29, 0.717) is 6.54 Å². The molecule has 17 heavy (non-hydrogen) atoms. The molecule has 0 radical (unpaired) electrons. The Morgan fingerprint density at radius 3 is 2.82 bits per heavy atom. The maximum atomic E-state index is 11.8. The summed E-state index contributed by atoms with van der Waals surface area (Å²) in [4.78, 5) is 24.9. The van der Waals surface area contributed by atoms with Crippen molar-refractivity contribution in [2.75, 3.05) is 6.54 Å². The van der Waals surface area contributed by atoms with Crippen LogP contribution in [0.15, 0.2) is 28.7 Å². The van der Waals surface area contributed by atoms with E-state index in [1.807, 2.05) is 24.3 Å². The number of halogens is 1. The monoisotopic (exact) mass is 296 g/mol. The topological polar surface area (TPSA) is 49.4 Å². The molecule has 2 amide bonds. The van der Waals surface area contributed by atoms with E-state index >= 15 is 0 Å². The highest BCUT2D eigenvalue weighted by Gasteiger charge is 2.30. The third-order valence-electron chi connectivity index (χ3n) is 2.88. The van der Waals surface area contributed by atoms with Crippen molar-refractivity contribution in [3.8, 4) is 0 Å². The van der Waals surface area contributed by atoms with Crippen LogP contribution in [0, 0.1) is 0 Å². The van der Waals surface area contributed by atoms with Gasteiger partial charge in [0.25, 0.3) is 0 Å². The Hall–Kier alpha value is -1.36. The lowest BCUT2D eigenvalue weighted by Crippen LogP contribution is -2.56. The molecule has 0 saturated carbocycles. The van der Waals surface area contributed by atoms with Crippen LogP contribution < -0.4 is 5.32 Å². The molecule has 4 nitrogen and oxygen atoms in total. The third kappa shape index (κ3) is 2.49. The van der Waals surface area contributed by atoms with Crippen LogP contribution in [-0.2, 0) is 16.1 Å². The smallest absolute Gasteiger partial charge is 0.242 e. The number of piperazine rings is 1. The molecular formula is C12H13BrN2O2. The Kier molecular flexibility index (Phi) is 3.47. The molecule has 1 fully saturated rings. The minimum Gasteiger partial charge on any atom is -0.345 e. The maximum absolute atomic E-state index is 11.8.